The molecule has 126 valence electrons. The topological polar surface area (TPSA) is 68.5 Å². The summed E-state index contributed by atoms with van der Waals surface area (Å²) in [5, 5.41) is 11.4. The molecule has 1 amide bonds. The summed E-state index contributed by atoms with van der Waals surface area (Å²) in [5.41, 5.74) is 1.71. The van der Waals surface area contributed by atoms with Gasteiger partial charge in [0, 0.05) is 18.5 Å². The Balaban J connectivity index is 1.41. The van der Waals surface area contributed by atoms with Crippen LogP contribution >= 0.6 is 22.9 Å². The lowest BCUT2D eigenvalue weighted by Gasteiger charge is -2.12. The number of nitrogens with zero attached hydrogens (tertiary/aromatic N) is 3. The summed E-state index contributed by atoms with van der Waals surface area (Å²) in [6.45, 7) is 2.79. The molecule has 0 spiro atoms. The van der Waals surface area contributed by atoms with Crippen LogP contribution in [0.15, 0.2) is 23.5 Å². The van der Waals surface area contributed by atoms with E-state index in [2.05, 4.69) is 15.6 Å². The van der Waals surface area contributed by atoms with E-state index >= 15 is 0 Å². The van der Waals surface area contributed by atoms with Crippen LogP contribution in [-0.2, 0) is 16.2 Å². The number of rotatable bonds is 5. The molecule has 1 unspecified atom stereocenters. The molecule has 1 fully saturated rings. The molecule has 6 nitrogen and oxygen atoms in total. The van der Waals surface area contributed by atoms with Crippen molar-refractivity contribution in [3.63, 3.8) is 0 Å². The zero-order valence-electron chi connectivity index (χ0n) is 13.2. The van der Waals surface area contributed by atoms with Crippen molar-refractivity contribution in [2.75, 3.05) is 5.32 Å². The fourth-order valence-electron chi connectivity index (χ4n) is 2.66. The van der Waals surface area contributed by atoms with Gasteiger partial charge in [-0.1, -0.05) is 16.8 Å². The number of hydrogen-bond acceptors (Lipinski definition) is 5. The Bertz CT molecular complexity index is 809. The molecule has 2 aliphatic rings. The highest BCUT2D eigenvalue weighted by Gasteiger charge is 2.31. The Morgan fingerprint density at radius 2 is 2.33 bits per heavy atom. The predicted molar refractivity (Wildman–Crippen MR) is 93.7 cm³/mol. The minimum Gasteiger partial charge on any atom is -0.382 e. The Morgan fingerprint density at radius 1 is 1.50 bits per heavy atom. The smallest absolute Gasteiger partial charge is 0.269 e. The lowest BCUT2D eigenvalue weighted by Crippen LogP contribution is -2.29. The predicted octanol–water partition coefficient (Wildman–Crippen LogP) is 3.45. The van der Waals surface area contributed by atoms with Crippen molar-refractivity contribution in [1.29, 1.82) is 0 Å². The molecule has 1 aliphatic heterocycles. The Labute approximate surface area is 148 Å². The summed E-state index contributed by atoms with van der Waals surface area (Å²) in [5.74, 6) is 1.24. The Morgan fingerprint density at radius 3 is 3.04 bits per heavy atom. The quantitative estimate of drug-likeness (QED) is 0.883. The van der Waals surface area contributed by atoms with Gasteiger partial charge in [0.1, 0.15) is 11.5 Å². The van der Waals surface area contributed by atoms with Gasteiger partial charge in [0.15, 0.2) is 0 Å². The van der Waals surface area contributed by atoms with Crippen LogP contribution in [0, 0.1) is 12.8 Å². The minimum absolute atomic E-state index is 0.197. The van der Waals surface area contributed by atoms with Crippen molar-refractivity contribution >= 4 is 40.4 Å². The van der Waals surface area contributed by atoms with Gasteiger partial charge in [-0.05, 0) is 37.8 Å². The number of aromatic nitrogens is 2. The van der Waals surface area contributed by atoms with E-state index in [0.29, 0.717) is 16.7 Å². The number of thiophene rings is 1. The van der Waals surface area contributed by atoms with Crippen LogP contribution in [0.25, 0.3) is 0 Å². The number of amides is 1. The van der Waals surface area contributed by atoms with Crippen LogP contribution in [0.4, 0.5) is 5.82 Å². The zero-order chi connectivity index (χ0) is 16.7. The molecule has 8 heteroatoms. The molecule has 1 saturated carbocycles. The molecule has 1 atom stereocenters. The maximum Gasteiger partial charge on any atom is 0.269 e. The molecule has 2 aromatic heterocycles. The first-order chi connectivity index (χ1) is 11.6. The molecular formula is C16H17ClN4O2S. The maximum absolute atomic E-state index is 12.5. The summed E-state index contributed by atoms with van der Waals surface area (Å²) < 4.78 is 2.57. The third kappa shape index (κ3) is 3.18. The van der Waals surface area contributed by atoms with E-state index in [4.69, 9.17) is 16.4 Å². The van der Waals surface area contributed by atoms with E-state index in [1.54, 1.807) is 6.20 Å². The van der Waals surface area contributed by atoms with Crippen LogP contribution < -0.4 is 5.32 Å². The van der Waals surface area contributed by atoms with Crippen molar-refractivity contribution in [1.82, 2.24) is 9.78 Å². The minimum atomic E-state index is -0.621. The molecule has 2 aromatic rings. The molecule has 1 aliphatic carbocycles. The van der Waals surface area contributed by atoms with Gasteiger partial charge < -0.3 is 10.2 Å². The number of aryl methyl sites for hydroxylation is 1. The summed E-state index contributed by atoms with van der Waals surface area (Å²) >= 11 is 7.38. The SMILES string of the molecule is Cc1cnn(CC2CC2)c1NC(=O)C1CC(c2ccc(Cl)s2)=NO1. The number of anilines is 1. The second kappa shape index (κ2) is 6.22. The third-order valence-corrected chi connectivity index (χ3v) is 5.49. The lowest BCUT2D eigenvalue weighted by molar-refractivity contribution is -0.125. The van der Waals surface area contributed by atoms with Crippen LogP contribution in [0.3, 0.4) is 0 Å². The maximum atomic E-state index is 12.5. The van der Waals surface area contributed by atoms with Crippen molar-refractivity contribution in [3.05, 3.63) is 33.1 Å². The van der Waals surface area contributed by atoms with Gasteiger partial charge >= 0.3 is 0 Å². The highest BCUT2D eigenvalue weighted by atomic mass is 35.5. The monoisotopic (exact) mass is 364 g/mol. The van der Waals surface area contributed by atoms with E-state index in [-0.39, 0.29) is 5.91 Å². The van der Waals surface area contributed by atoms with Crippen molar-refractivity contribution in [3.8, 4) is 0 Å². The van der Waals surface area contributed by atoms with E-state index in [1.165, 1.54) is 24.2 Å². The number of oxime groups is 1. The van der Waals surface area contributed by atoms with E-state index in [1.807, 2.05) is 23.7 Å². The Hall–Kier alpha value is -1.86. The first kappa shape index (κ1) is 15.7. The highest BCUT2D eigenvalue weighted by molar-refractivity contribution is 7.18. The van der Waals surface area contributed by atoms with Crippen molar-refractivity contribution in [2.45, 2.75) is 38.8 Å². The van der Waals surface area contributed by atoms with Crippen LogP contribution in [0.5, 0.6) is 0 Å². The van der Waals surface area contributed by atoms with E-state index < -0.39 is 6.10 Å². The third-order valence-electron chi connectivity index (χ3n) is 4.21. The molecule has 0 aromatic carbocycles. The van der Waals surface area contributed by atoms with Crippen LogP contribution in [0.2, 0.25) is 4.34 Å². The number of hydrogen-bond donors (Lipinski definition) is 1. The van der Waals surface area contributed by atoms with Gasteiger partial charge in [-0.15, -0.1) is 11.3 Å². The first-order valence-electron chi connectivity index (χ1n) is 7.92. The normalized spacial score (nSPS) is 19.9. The summed E-state index contributed by atoms with van der Waals surface area (Å²) in [6.07, 6.45) is 4.07. The van der Waals surface area contributed by atoms with Gasteiger partial charge in [0.2, 0.25) is 6.10 Å². The molecule has 3 heterocycles. The molecular weight excluding hydrogens is 348 g/mol. The molecule has 0 saturated heterocycles. The van der Waals surface area contributed by atoms with Gasteiger partial charge in [0.25, 0.3) is 5.91 Å². The van der Waals surface area contributed by atoms with Gasteiger partial charge in [-0.2, -0.15) is 5.10 Å². The zero-order valence-corrected chi connectivity index (χ0v) is 14.7. The number of carbonyl (C=O) groups is 1. The fourth-order valence-corrected chi connectivity index (χ4v) is 3.69. The second-order valence-electron chi connectivity index (χ2n) is 6.23. The standard InChI is InChI=1S/C16H17ClN4O2S/c1-9-7-18-21(8-10-2-3-10)15(9)19-16(22)12-6-11(20-23-12)13-4-5-14(17)24-13/h4-5,7,10,12H,2-3,6,8H2,1H3,(H,19,22). The largest absolute Gasteiger partial charge is 0.382 e. The second-order valence-corrected chi connectivity index (χ2v) is 7.95. The number of carbonyl (C=O) groups excluding carboxylic acids is 1. The van der Waals surface area contributed by atoms with Gasteiger partial charge in [-0.25, -0.2) is 4.68 Å². The molecule has 0 bridgehead atoms. The van der Waals surface area contributed by atoms with E-state index in [9.17, 15) is 4.79 Å². The summed E-state index contributed by atoms with van der Waals surface area (Å²) in [7, 11) is 0. The van der Waals surface area contributed by atoms with Crippen LogP contribution in [-0.4, -0.2) is 27.5 Å². The molecule has 4 rings (SSSR count). The van der Waals surface area contributed by atoms with E-state index in [0.717, 1.165) is 28.5 Å². The lowest BCUT2D eigenvalue weighted by atomic mass is 10.1. The summed E-state index contributed by atoms with van der Waals surface area (Å²) in [6, 6.07) is 3.71. The highest BCUT2D eigenvalue weighted by Crippen LogP contribution is 2.32. The molecule has 0 radical (unpaired) electrons. The van der Waals surface area contributed by atoms with Crippen molar-refractivity contribution in [2.24, 2.45) is 11.1 Å². The van der Waals surface area contributed by atoms with Gasteiger partial charge in [-0.3, -0.25) is 4.79 Å². The number of nitrogens with one attached hydrogen (secondary N) is 1. The van der Waals surface area contributed by atoms with Crippen molar-refractivity contribution < 1.29 is 9.63 Å². The molecule has 24 heavy (non-hydrogen) atoms. The van der Waals surface area contributed by atoms with Gasteiger partial charge in [0.05, 0.1) is 15.4 Å². The molecule has 1 N–H and O–H groups in total. The average Bonchev–Trinajstić information content (AvgIpc) is 2.95. The Kier molecular flexibility index (Phi) is 4.05. The number of halogens is 1. The van der Waals surface area contributed by atoms with Crippen LogP contribution in [0.1, 0.15) is 29.7 Å². The summed E-state index contributed by atoms with van der Waals surface area (Å²) in [4.78, 5) is 18.8. The average molecular weight is 365 g/mol. The first-order valence-corrected chi connectivity index (χ1v) is 9.11. The fraction of sp³-hybridized carbons (Fsp3) is 0.438.